The number of carbonyl (C=O) groups excluding carboxylic acids is 1. The van der Waals surface area contributed by atoms with Crippen molar-refractivity contribution in [2.45, 2.75) is 38.8 Å². The molecule has 1 amide bonds. The second-order valence-corrected chi connectivity index (χ2v) is 9.04. The maximum atomic E-state index is 13.6. The van der Waals surface area contributed by atoms with Crippen molar-refractivity contribution in [2.24, 2.45) is 7.05 Å². The van der Waals surface area contributed by atoms with E-state index in [1.165, 1.54) is 0 Å². The standard InChI is InChI=1S/C25H30N6O2/c1-18-15-19(2)27-24(26-18)30-11-9-25(10-12-30)23(32)31(13-14-33-25)17-22-21(16-29(3)28-22)20-7-5-4-6-8-20/h4-8,15-16H,9-14,17H2,1-3H3. The quantitative estimate of drug-likeness (QED) is 0.613. The molecule has 0 N–H and O–H groups in total. The molecule has 0 radical (unpaired) electrons. The number of aryl methyl sites for hydroxylation is 3. The van der Waals surface area contributed by atoms with Crippen molar-refractivity contribution in [3.05, 3.63) is 59.7 Å². The number of morpholine rings is 1. The first-order valence-electron chi connectivity index (χ1n) is 11.5. The van der Waals surface area contributed by atoms with Crippen molar-refractivity contribution in [1.29, 1.82) is 0 Å². The largest absolute Gasteiger partial charge is 0.363 e. The van der Waals surface area contributed by atoms with E-state index in [9.17, 15) is 4.79 Å². The molecule has 0 atom stereocenters. The highest BCUT2D eigenvalue weighted by Crippen LogP contribution is 2.34. The van der Waals surface area contributed by atoms with Crippen LogP contribution in [0, 0.1) is 13.8 Å². The zero-order valence-corrected chi connectivity index (χ0v) is 19.5. The SMILES string of the molecule is Cc1cc(C)nc(N2CCC3(CC2)OCCN(Cc2nn(C)cc2-c2ccccc2)C3=O)n1. The lowest BCUT2D eigenvalue weighted by Crippen LogP contribution is -2.60. The van der Waals surface area contributed by atoms with Gasteiger partial charge in [0.25, 0.3) is 5.91 Å². The molecule has 33 heavy (non-hydrogen) atoms. The molecule has 172 valence electrons. The van der Waals surface area contributed by atoms with Crippen LogP contribution in [0.25, 0.3) is 11.1 Å². The third-order valence-electron chi connectivity index (χ3n) is 6.57. The lowest BCUT2D eigenvalue weighted by atomic mass is 9.88. The molecule has 0 saturated carbocycles. The minimum atomic E-state index is -0.769. The summed E-state index contributed by atoms with van der Waals surface area (Å²) in [5, 5.41) is 4.67. The van der Waals surface area contributed by atoms with Crippen LogP contribution in [0.3, 0.4) is 0 Å². The van der Waals surface area contributed by atoms with Crippen LogP contribution in [0.15, 0.2) is 42.6 Å². The number of hydrogen-bond donors (Lipinski definition) is 0. The summed E-state index contributed by atoms with van der Waals surface area (Å²) in [6.07, 6.45) is 3.28. The number of rotatable bonds is 4. The van der Waals surface area contributed by atoms with Crippen molar-refractivity contribution in [2.75, 3.05) is 31.1 Å². The monoisotopic (exact) mass is 446 g/mol. The Bertz CT molecular complexity index is 1130. The van der Waals surface area contributed by atoms with Crippen molar-refractivity contribution >= 4 is 11.9 Å². The Morgan fingerprint density at radius 2 is 1.73 bits per heavy atom. The van der Waals surface area contributed by atoms with E-state index >= 15 is 0 Å². The molecule has 0 bridgehead atoms. The fourth-order valence-corrected chi connectivity index (χ4v) is 4.92. The van der Waals surface area contributed by atoms with E-state index < -0.39 is 5.60 Å². The fourth-order valence-electron chi connectivity index (χ4n) is 4.92. The zero-order valence-electron chi connectivity index (χ0n) is 19.5. The van der Waals surface area contributed by atoms with Gasteiger partial charge in [0.2, 0.25) is 5.95 Å². The van der Waals surface area contributed by atoms with Gasteiger partial charge in [-0.25, -0.2) is 9.97 Å². The summed E-state index contributed by atoms with van der Waals surface area (Å²) in [7, 11) is 1.92. The normalized spacial score (nSPS) is 18.2. The van der Waals surface area contributed by atoms with E-state index in [4.69, 9.17) is 4.74 Å². The van der Waals surface area contributed by atoms with Crippen LogP contribution in [-0.2, 0) is 23.1 Å². The summed E-state index contributed by atoms with van der Waals surface area (Å²) in [6.45, 7) is 6.96. The molecule has 0 aliphatic carbocycles. The number of piperidine rings is 1. The molecule has 1 spiro atoms. The molecular formula is C25H30N6O2. The van der Waals surface area contributed by atoms with Gasteiger partial charge in [0.15, 0.2) is 0 Å². The summed E-state index contributed by atoms with van der Waals surface area (Å²) in [6, 6.07) is 12.2. The fraction of sp³-hybridized carbons (Fsp3) is 0.440. The van der Waals surface area contributed by atoms with Gasteiger partial charge < -0.3 is 14.5 Å². The van der Waals surface area contributed by atoms with Gasteiger partial charge in [-0.05, 0) is 25.5 Å². The highest BCUT2D eigenvalue weighted by atomic mass is 16.5. The minimum Gasteiger partial charge on any atom is -0.363 e. The van der Waals surface area contributed by atoms with Crippen molar-refractivity contribution < 1.29 is 9.53 Å². The maximum Gasteiger partial charge on any atom is 0.255 e. The van der Waals surface area contributed by atoms with E-state index in [1.807, 2.05) is 60.9 Å². The smallest absolute Gasteiger partial charge is 0.255 e. The Morgan fingerprint density at radius 3 is 2.42 bits per heavy atom. The highest BCUT2D eigenvalue weighted by Gasteiger charge is 2.47. The lowest BCUT2D eigenvalue weighted by molar-refractivity contribution is -0.176. The van der Waals surface area contributed by atoms with E-state index in [0.717, 1.165) is 34.2 Å². The topological polar surface area (TPSA) is 76.4 Å². The van der Waals surface area contributed by atoms with Crippen molar-refractivity contribution in [1.82, 2.24) is 24.6 Å². The molecule has 3 aromatic rings. The van der Waals surface area contributed by atoms with Crippen LogP contribution < -0.4 is 4.90 Å². The average molecular weight is 447 g/mol. The second kappa shape index (κ2) is 8.59. The van der Waals surface area contributed by atoms with E-state index in [1.54, 1.807) is 0 Å². The van der Waals surface area contributed by atoms with Gasteiger partial charge in [-0.1, -0.05) is 30.3 Å². The van der Waals surface area contributed by atoms with Crippen molar-refractivity contribution in [3.8, 4) is 11.1 Å². The summed E-state index contributed by atoms with van der Waals surface area (Å²) >= 11 is 0. The Kier molecular flexibility index (Phi) is 5.62. The third-order valence-corrected chi connectivity index (χ3v) is 6.57. The van der Waals surface area contributed by atoms with Gasteiger partial charge >= 0.3 is 0 Å². The second-order valence-electron chi connectivity index (χ2n) is 9.04. The molecule has 2 aliphatic heterocycles. The van der Waals surface area contributed by atoms with Crippen LogP contribution in [0.5, 0.6) is 0 Å². The van der Waals surface area contributed by atoms with Gasteiger partial charge in [-0.15, -0.1) is 0 Å². The van der Waals surface area contributed by atoms with Crippen molar-refractivity contribution in [3.63, 3.8) is 0 Å². The van der Waals surface area contributed by atoms with E-state index in [2.05, 4.69) is 32.1 Å². The summed E-state index contributed by atoms with van der Waals surface area (Å²) in [5.74, 6) is 0.808. The average Bonchev–Trinajstić information content (AvgIpc) is 3.17. The minimum absolute atomic E-state index is 0.0689. The summed E-state index contributed by atoms with van der Waals surface area (Å²) in [5.41, 5.74) is 4.23. The third kappa shape index (κ3) is 4.23. The summed E-state index contributed by atoms with van der Waals surface area (Å²) < 4.78 is 7.97. The van der Waals surface area contributed by atoms with Gasteiger partial charge in [-0.2, -0.15) is 5.10 Å². The highest BCUT2D eigenvalue weighted by molar-refractivity contribution is 5.86. The van der Waals surface area contributed by atoms with Gasteiger partial charge in [0.1, 0.15) is 5.60 Å². The van der Waals surface area contributed by atoms with E-state index in [-0.39, 0.29) is 5.91 Å². The number of carbonyl (C=O) groups is 1. The van der Waals surface area contributed by atoms with Crippen LogP contribution in [0.4, 0.5) is 5.95 Å². The molecule has 5 rings (SSSR count). The Balaban J connectivity index is 1.32. The molecule has 8 nitrogen and oxygen atoms in total. The first kappa shape index (κ1) is 21.6. The molecule has 2 saturated heterocycles. The Labute approximate surface area is 194 Å². The summed E-state index contributed by atoms with van der Waals surface area (Å²) in [4.78, 5) is 26.9. The number of benzene rings is 1. The molecule has 2 fully saturated rings. The molecule has 8 heteroatoms. The number of anilines is 1. The van der Waals surface area contributed by atoms with Gasteiger partial charge in [0.05, 0.1) is 18.8 Å². The van der Waals surface area contributed by atoms with Gasteiger partial charge in [-0.3, -0.25) is 9.48 Å². The van der Waals surface area contributed by atoms with Crippen LogP contribution >= 0.6 is 0 Å². The van der Waals surface area contributed by atoms with Crippen LogP contribution in [0.1, 0.15) is 29.9 Å². The first-order chi connectivity index (χ1) is 15.9. The number of ether oxygens (including phenoxy) is 1. The predicted molar refractivity (Wildman–Crippen MR) is 126 cm³/mol. The molecular weight excluding hydrogens is 416 g/mol. The number of aromatic nitrogens is 4. The number of hydrogen-bond acceptors (Lipinski definition) is 6. The molecule has 0 unspecified atom stereocenters. The lowest BCUT2D eigenvalue weighted by Gasteiger charge is -2.46. The predicted octanol–water partition coefficient (Wildman–Crippen LogP) is 2.89. The number of nitrogens with zero attached hydrogens (tertiary/aromatic N) is 6. The molecule has 1 aromatic carbocycles. The zero-order chi connectivity index (χ0) is 23.0. The molecule has 4 heterocycles. The van der Waals surface area contributed by atoms with Gasteiger partial charge in [0, 0.05) is 62.7 Å². The number of amides is 1. The van der Waals surface area contributed by atoms with Crippen LogP contribution in [0.2, 0.25) is 0 Å². The molecule has 2 aromatic heterocycles. The Hall–Kier alpha value is -3.26. The Morgan fingerprint density at radius 1 is 1.03 bits per heavy atom. The van der Waals surface area contributed by atoms with E-state index in [0.29, 0.717) is 45.6 Å². The van der Waals surface area contributed by atoms with Crippen LogP contribution in [-0.4, -0.2) is 62.4 Å². The molecule has 2 aliphatic rings. The first-order valence-corrected chi connectivity index (χ1v) is 11.5. The maximum absolute atomic E-state index is 13.6.